The van der Waals surface area contributed by atoms with E-state index in [1.807, 2.05) is 31.9 Å². The van der Waals surface area contributed by atoms with Crippen LogP contribution in [0.5, 0.6) is 0 Å². The van der Waals surface area contributed by atoms with Crippen LogP contribution in [0, 0.1) is 5.41 Å². The summed E-state index contributed by atoms with van der Waals surface area (Å²) in [6.45, 7) is 1.35. The van der Waals surface area contributed by atoms with Crippen molar-refractivity contribution in [3.8, 4) is 0 Å². The van der Waals surface area contributed by atoms with Gasteiger partial charge in [-0.25, -0.2) is 0 Å². The molecule has 24 heavy (non-hydrogen) atoms. The lowest BCUT2D eigenvalue weighted by atomic mass is 9.84. The molecule has 2 rings (SSSR count). The van der Waals surface area contributed by atoms with E-state index < -0.39 is 0 Å². The Morgan fingerprint density at radius 1 is 1.33 bits per heavy atom. The van der Waals surface area contributed by atoms with Gasteiger partial charge in [-0.1, -0.05) is 12.8 Å². The van der Waals surface area contributed by atoms with E-state index in [0.29, 0.717) is 6.54 Å². The zero-order valence-electron chi connectivity index (χ0n) is 15.1. The van der Waals surface area contributed by atoms with Crippen LogP contribution >= 0.6 is 24.0 Å². The first-order valence-corrected chi connectivity index (χ1v) is 8.24. The van der Waals surface area contributed by atoms with Gasteiger partial charge in [0.05, 0.1) is 5.41 Å². The maximum Gasteiger partial charge on any atom is 0.230 e. The molecule has 136 valence electrons. The third-order valence-corrected chi connectivity index (χ3v) is 4.59. The second kappa shape index (κ2) is 9.29. The molecule has 1 aliphatic carbocycles. The molecule has 1 amide bonds. The van der Waals surface area contributed by atoms with Gasteiger partial charge >= 0.3 is 0 Å². The number of nitrogens with zero attached hydrogens (tertiary/aromatic N) is 3. The van der Waals surface area contributed by atoms with E-state index in [1.54, 1.807) is 11.9 Å². The monoisotopic (exact) mass is 447 g/mol. The summed E-state index contributed by atoms with van der Waals surface area (Å²) in [5.74, 6) is 0.965. The highest BCUT2D eigenvalue weighted by Gasteiger charge is 2.42. The smallest absolute Gasteiger partial charge is 0.230 e. The van der Waals surface area contributed by atoms with Gasteiger partial charge in [0.2, 0.25) is 5.91 Å². The molecule has 0 spiro atoms. The molecular formula is C17H30IN5O. The van der Waals surface area contributed by atoms with Crippen LogP contribution < -0.4 is 10.6 Å². The van der Waals surface area contributed by atoms with Crippen LogP contribution in [0.1, 0.15) is 31.2 Å². The third kappa shape index (κ3) is 5.12. The Labute approximate surface area is 162 Å². The van der Waals surface area contributed by atoms with Crippen molar-refractivity contribution in [1.82, 2.24) is 20.1 Å². The summed E-state index contributed by atoms with van der Waals surface area (Å²) in [5, 5.41) is 6.66. The Morgan fingerprint density at radius 2 is 2.00 bits per heavy atom. The minimum Gasteiger partial charge on any atom is -0.357 e. The Balaban J connectivity index is 0.00000288. The molecule has 7 heteroatoms. The van der Waals surface area contributed by atoms with Gasteiger partial charge in [0, 0.05) is 53.7 Å². The van der Waals surface area contributed by atoms with Crippen molar-refractivity contribution < 1.29 is 4.79 Å². The second-order valence-corrected chi connectivity index (χ2v) is 6.65. The van der Waals surface area contributed by atoms with Gasteiger partial charge in [-0.15, -0.1) is 24.0 Å². The highest BCUT2D eigenvalue weighted by Crippen LogP contribution is 2.38. The molecular weight excluding hydrogens is 417 g/mol. The van der Waals surface area contributed by atoms with Crippen LogP contribution in [0.4, 0.5) is 0 Å². The zero-order chi connectivity index (χ0) is 16.9. The van der Waals surface area contributed by atoms with Crippen LogP contribution in [0.2, 0.25) is 0 Å². The van der Waals surface area contributed by atoms with Crippen molar-refractivity contribution in [2.75, 3.05) is 27.7 Å². The van der Waals surface area contributed by atoms with E-state index in [9.17, 15) is 4.79 Å². The maximum absolute atomic E-state index is 12.6. The fourth-order valence-corrected chi connectivity index (χ4v) is 3.32. The van der Waals surface area contributed by atoms with Gasteiger partial charge in [0.15, 0.2) is 5.96 Å². The first-order chi connectivity index (χ1) is 11.0. The Hall–Kier alpha value is -1.25. The van der Waals surface area contributed by atoms with Gasteiger partial charge in [-0.3, -0.25) is 9.79 Å². The molecule has 0 saturated heterocycles. The van der Waals surface area contributed by atoms with Crippen LogP contribution in [0.3, 0.4) is 0 Å². The van der Waals surface area contributed by atoms with Crippen molar-refractivity contribution in [2.24, 2.45) is 17.5 Å². The standard InChI is InChI=1S/C17H29N5O.HI/c1-18-16(19-11-14-7-10-22(4)12-14)20-13-17(8-5-6-9-17)15(23)21(2)3;/h7,10,12H,5-6,8-9,11,13H2,1-4H3,(H2,18,19,20);1H. The van der Waals surface area contributed by atoms with E-state index >= 15 is 0 Å². The molecule has 1 aliphatic rings. The number of nitrogens with one attached hydrogen (secondary N) is 2. The zero-order valence-corrected chi connectivity index (χ0v) is 17.5. The molecule has 1 saturated carbocycles. The fraction of sp³-hybridized carbons (Fsp3) is 0.647. The van der Waals surface area contributed by atoms with E-state index in [4.69, 9.17) is 0 Å². The largest absolute Gasteiger partial charge is 0.357 e. The minimum absolute atomic E-state index is 0. The molecule has 1 heterocycles. The lowest BCUT2D eigenvalue weighted by molar-refractivity contribution is -0.138. The molecule has 6 nitrogen and oxygen atoms in total. The van der Waals surface area contributed by atoms with E-state index in [0.717, 1.165) is 38.2 Å². The summed E-state index contributed by atoms with van der Waals surface area (Å²) in [6, 6.07) is 2.08. The minimum atomic E-state index is -0.284. The van der Waals surface area contributed by atoms with Crippen molar-refractivity contribution in [3.05, 3.63) is 24.0 Å². The summed E-state index contributed by atoms with van der Waals surface area (Å²) >= 11 is 0. The number of carbonyl (C=O) groups excluding carboxylic acids is 1. The van der Waals surface area contributed by atoms with Crippen LogP contribution in [-0.2, 0) is 18.4 Å². The molecule has 0 radical (unpaired) electrons. The molecule has 1 aromatic heterocycles. The lowest BCUT2D eigenvalue weighted by Crippen LogP contribution is -2.49. The Kier molecular flexibility index (Phi) is 8.05. The van der Waals surface area contributed by atoms with Gasteiger partial charge in [0.1, 0.15) is 0 Å². The summed E-state index contributed by atoms with van der Waals surface area (Å²) in [4.78, 5) is 18.6. The van der Waals surface area contributed by atoms with Crippen LogP contribution in [0.25, 0.3) is 0 Å². The second-order valence-electron chi connectivity index (χ2n) is 6.65. The number of hydrogen-bond donors (Lipinski definition) is 2. The first kappa shape index (κ1) is 20.8. The van der Waals surface area contributed by atoms with Crippen LogP contribution in [0.15, 0.2) is 23.5 Å². The number of hydrogen-bond acceptors (Lipinski definition) is 2. The molecule has 0 aliphatic heterocycles. The van der Waals surface area contributed by atoms with E-state index in [2.05, 4.69) is 27.9 Å². The number of amides is 1. The quantitative estimate of drug-likeness (QED) is 0.412. The topological polar surface area (TPSA) is 61.7 Å². The first-order valence-electron chi connectivity index (χ1n) is 8.24. The summed E-state index contributed by atoms with van der Waals surface area (Å²) < 4.78 is 2.02. The third-order valence-electron chi connectivity index (χ3n) is 4.59. The maximum atomic E-state index is 12.6. The average Bonchev–Trinajstić information content (AvgIpc) is 3.16. The molecule has 1 fully saturated rings. The van der Waals surface area contributed by atoms with Crippen molar-refractivity contribution in [1.29, 1.82) is 0 Å². The number of aliphatic imine (C=N–C) groups is 1. The van der Waals surface area contributed by atoms with E-state index in [1.165, 1.54) is 5.56 Å². The summed E-state index contributed by atoms with van der Waals surface area (Å²) in [7, 11) is 7.44. The lowest BCUT2D eigenvalue weighted by Gasteiger charge is -2.31. The number of guanidine groups is 1. The van der Waals surface area contributed by atoms with Crippen molar-refractivity contribution in [3.63, 3.8) is 0 Å². The molecule has 0 aromatic carbocycles. The van der Waals surface area contributed by atoms with Crippen molar-refractivity contribution in [2.45, 2.75) is 32.2 Å². The van der Waals surface area contributed by atoms with Crippen LogP contribution in [-0.4, -0.2) is 49.0 Å². The highest BCUT2D eigenvalue weighted by atomic mass is 127. The number of aromatic nitrogens is 1. The number of carbonyl (C=O) groups is 1. The molecule has 2 N–H and O–H groups in total. The Bertz CT molecular complexity index is 561. The molecule has 0 unspecified atom stereocenters. The van der Waals surface area contributed by atoms with Gasteiger partial charge < -0.3 is 20.1 Å². The van der Waals surface area contributed by atoms with E-state index in [-0.39, 0.29) is 35.3 Å². The van der Waals surface area contributed by atoms with Gasteiger partial charge in [-0.05, 0) is 24.5 Å². The molecule has 0 atom stereocenters. The number of halogens is 1. The predicted octanol–water partition coefficient (Wildman–Crippen LogP) is 1.96. The number of aryl methyl sites for hydroxylation is 1. The average molecular weight is 447 g/mol. The van der Waals surface area contributed by atoms with Crippen molar-refractivity contribution >= 4 is 35.8 Å². The number of rotatable bonds is 5. The normalized spacial score (nSPS) is 16.4. The van der Waals surface area contributed by atoms with Gasteiger partial charge in [-0.2, -0.15) is 0 Å². The highest BCUT2D eigenvalue weighted by molar-refractivity contribution is 14.0. The summed E-state index contributed by atoms with van der Waals surface area (Å²) in [5.41, 5.74) is 0.920. The predicted molar refractivity (Wildman–Crippen MR) is 109 cm³/mol. The molecule has 0 bridgehead atoms. The summed E-state index contributed by atoms with van der Waals surface area (Å²) in [6.07, 6.45) is 8.25. The molecule has 1 aromatic rings. The Morgan fingerprint density at radius 3 is 2.50 bits per heavy atom. The fourth-order valence-electron chi connectivity index (χ4n) is 3.32. The van der Waals surface area contributed by atoms with Gasteiger partial charge in [0.25, 0.3) is 0 Å². The SMILES string of the molecule is CN=C(NCc1ccn(C)c1)NCC1(C(=O)N(C)C)CCCC1.I.